The molecule has 0 spiro atoms. The van der Waals surface area contributed by atoms with Crippen LogP contribution in [0.4, 0.5) is 5.69 Å². The standard InChI is InChI=1S/C23H23N3O2/c1-26-21-10-6-5-9-18(21)11-12-19(23(26)28)25-22(27)20-14-17(15-24-20)13-16-7-3-2-4-8-16/h2-10,14,19H,11-13,15H2,1H3,(H,25,27)/t19-/m1/s1/i5D. The van der Waals surface area contributed by atoms with E-state index < -0.39 is 6.04 Å². The summed E-state index contributed by atoms with van der Waals surface area (Å²) in [6.45, 7) is 0.508. The highest BCUT2D eigenvalue weighted by atomic mass is 16.2. The van der Waals surface area contributed by atoms with Crippen LogP contribution in [-0.4, -0.2) is 37.2 Å². The molecule has 2 aromatic rings. The average Bonchev–Trinajstić information content (AvgIpc) is 3.15. The van der Waals surface area contributed by atoms with Crippen LogP contribution in [0.3, 0.4) is 0 Å². The lowest BCUT2D eigenvalue weighted by Crippen LogP contribution is -2.48. The van der Waals surface area contributed by atoms with E-state index in [9.17, 15) is 9.59 Å². The first-order valence-corrected chi connectivity index (χ1v) is 9.47. The summed E-state index contributed by atoms with van der Waals surface area (Å²) in [6, 6.07) is 15.1. The van der Waals surface area contributed by atoms with Crippen molar-refractivity contribution < 1.29 is 11.0 Å². The summed E-state index contributed by atoms with van der Waals surface area (Å²) in [7, 11) is 1.71. The van der Waals surface area contributed by atoms with E-state index in [1.165, 1.54) is 5.56 Å². The largest absolute Gasteiger partial charge is 0.339 e. The van der Waals surface area contributed by atoms with Gasteiger partial charge in [0.2, 0.25) is 5.91 Å². The zero-order chi connectivity index (χ0) is 20.4. The first-order valence-electron chi connectivity index (χ1n) is 9.97. The maximum Gasteiger partial charge on any atom is 0.270 e. The van der Waals surface area contributed by atoms with Gasteiger partial charge in [0.05, 0.1) is 7.92 Å². The Morgan fingerprint density at radius 1 is 1.25 bits per heavy atom. The Morgan fingerprint density at radius 3 is 2.89 bits per heavy atom. The summed E-state index contributed by atoms with van der Waals surface area (Å²) in [5.41, 5.74) is 4.39. The topological polar surface area (TPSA) is 61.8 Å². The number of nitrogens with one attached hydrogen (secondary N) is 1. The van der Waals surface area contributed by atoms with Gasteiger partial charge in [-0.1, -0.05) is 48.5 Å². The van der Waals surface area contributed by atoms with Gasteiger partial charge in [-0.2, -0.15) is 0 Å². The number of para-hydroxylation sites is 1. The Hall–Kier alpha value is -3.21. The lowest BCUT2D eigenvalue weighted by molar-refractivity contribution is -0.124. The van der Waals surface area contributed by atoms with Gasteiger partial charge in [0, 0.05) is 12.7 Å². The van der Waals surface area contributed by atoms with Gasteiger partial charge in [0.15, 0.2) is 0 Å². The number of anilines is 1. The number of amides is 2. The van der Waals surface area contributed by atoms with Crippen molar-refractivity contribution in [3.8, 4) is 0 Å². The van der Waals surface area contributed by atoms with E-state index in [0.29, 0.717) is 31.1 Å². The van der Waals surface area contributed by atoms with Crippen molar-refractivity contribution in [2.24, 2.45) is 4.99 Å². The highest BCUT2D eigenvalue weighted by Crippen LogP contribution is 2.25. The van der Waals surface area contributed by atoms with Crippen LogP contribution in [-0.2, 0) is 22.4 Å². The number of hydrogen-bond acceptors (Lipinski definition) is 3. The van der Waals surface area contributed by atoms with Crippen molar-refractivity contribution in [1.82, 2.24) is 5.32 Å². The van der Waals surface area contributed by atoms with Crippen LogP contribution in [0.15, 0.2) is 71.2 Å². The molecular weight excluding hydrogens is 350 g/mol. The van der Waals surface area contributed by atoms with Gasteiger partial charge in [-0.15, -0.1) is 0 Å². The molecule has 0 radical (unpaired) electrons. The Kier molecular flexibility index (Phi) is 4.72. The van der Waals surface area contributed by atoms with Gasteiger partial charge in [0.25, 0.3) is 5.91 Å². The molecule has 0 fully saturated rings. The summed E-state index contributed by atoms with van der Waals surface area (Å²) >= 11 is 0. The second-order valence-electron chi connectivity index (χ2n) is 7.18. The maximum atomic E-state index is 12.9. The van der Waals surface area contributed by atoms with Gasteiger partial charge < -0.3 is 10.2 Å². The number of carbonyl (C=O) groups is 2. The average molecular weight is 374 g/mol. The molecule has 5 nitrogen and oxygen atoms in total. The SMILES string of the molecule is [2H]c1ccc2c(c1)CC[C@@H](NC(=O)C1=NCC(Cc3ccccc3)=C1)C(=O)N2C. The monoisotopic (exact) mass is 374 g/mol. The zero-order valence-electron chi connectivity index (χ0n) is 16.8. The number of rotatable bonds is 4. The summed E-state index contributed by atoms with van der Waals surface area (Å²) in [5, 5.41) is 2.86. The molecule has 2 aliphatic rings. The first-order chi connectivity index (χ1) is 14.0. The number of carbonyl (C=O) groups excluding carboxylic acids is 2. The molecule has 2 aromatic carbocycles. The van der Waals surface area contributed by atoms with Crippen molar-refractivity contribution in [2.75, 3.05) is 18.5 Å². The second kappa shape index (κ2) is 7.80. The molecule has 0 saturated carbocycles. The van der Waals surface area contributed by atoms with Crippen molar-refractivity contribution in [1.29, 1.82) is 0 Å². The third kappa shape index (κ3) is 3.74. The molecule has 0 aromatic heterocycles. The molecule has 1 N–H and O–H groups in total. The van der Waals surface area contributed by atoms with Gasteiger partial charge in [0.1, 0.15) is 11.8 Å². The predicted molar refractivity (Wildman–Crippen MR) is 111 cm³/mol. The highest BCUT2D eigenvalue weighted by Gasteiger charge is 2.30. The van der Waals surface area contributed by atoms with Crippen molar-refractivity contribution in [2.45, 2.75) is 25.3 Å². The molecule has 142 valence electrons. The molecular formula is C23H23N3O2. The Labute approximate surface area is 166 Å². The third-order valence-electron chi connectivity index (χ3n) is 5.22. The fraction of sp³-hybridized carbons (Fsp3) is 0.261. The molecule has 5 heteroatoms. The Morgan fingerprint density at radius 2 is 2.07 bits per heavy atom. The minimum Gasteiger partial charge on any atom is -0.339 e. The third-order valence-corrected chi connectivity index (χ3v) is 5.22. The number of aliphatic imine (C=N–C) groups is 1. The zero-order valence-corrected chi connectivity index (χ0v) is 15.8. The molecule has 2 heterocycles. The number of benzene rings is 2. The van der Waals surface area contributed by atoms with Gasteiger partial charge >= 0.3 is 0 Å². The minimum absolute atomic E-state index is 0.151. The van der Waals surface area contributed by atoms with Crippen LogP contribution in [0, 0.1) is 0 Å². The quantitative estimate of drug-likeness (QED) is 0.894. The van der Waals surface area contributed by atoms with Crippen molar-refractivity contribution in [3.63, 3.8) is 0 Å². The lowest BCUT2D eigenvalue weighted by atomic mass is 10.0. The van der Waals surface area contributed by atoms with Crippen LogP contribution < -0.4 is 10.2 Å². The molecule has 2 amide bonds. The van der Waals surface area contributed by atoms with Crippen LogP contribution in [0.2, 0.25) is 0 Å². The molecule has 0 saturated heterocycles. The molecule has 28 heavy (non-hydrogen) atoms. The Bertz CT molecular complexity index is 1010. The van der Waals surface area contributed by atoms with Crippen molar-refractivity contribution in [3.05, 3.63) is 77.3 Å². The summed E-state index contributed by atoms with van der Waals surface area (Å²) in [6.07, 6.45) is 3.72. The predicted octanol–water partition coefficient (Wildman–Crippen LogP) is 2.70. The molecule has 4 rings (SSSR count). The summed E-state index contributed by atoms with van der Waals surface area (Å²) < 4.78 is 7.80. The second-order valence-corrected chi connectivity index (χ2v) is 7.18. The molecule has 0 bridgehead atoms. The maximum absolute atomic E-state index is 12.9. The summed E-state index contributed by atoms with van der Waals surface area (Å²) in [4.78, 5) is 31.5. The fourth-order valence-corrected chi connectivity index (χ4v) is 3.70. The minimum atomic E-state index is -0.608. The van der Waals surface area contributed by atoms with Gasteiger partial charge in [-0.05, 0) is 48.1 Å². The van der Waals surface area contributed by atoms with Gasteiger partial charge in [-0.25, -0.2) is 0 Å². The van der Waals surface area contributed by atoms with Crippen LogP contribution >= 0.6 is 0 Å². The summed E-state index contributed by atoms with van der Waals surface area (Å²) in [5.74, 6) is -0.464. The van der Waals surface area contributed by atoms with Crippen LogP contribution in [0.1, 0.15) is 18.9 Å². The smallest absolute Gasteiger partial charge is 0.270 e. The molecule has 1 atom stereocenters. The molecule has 0 aliphatic carbocycles. The Balaban J connectivity index is 1.43. The fourth-order valence-electron chi connectivity index (χ4n) is 3.70. The van der Waals surface area contributed by atoms with E-state index in [4.69, 9.17) is 1.37 Å². The van der Waals surface area contributed by atoms with Crippen molar-refractivity contribution >= 4 is 23.2 Å². The number of likely N-dealkylation sites (N-methyl/N-ethyl adjacent to an activating group) is 1. The lowest BCUT2D eigenvalue weighted by Gasteiger charge is -2.22. The number of aryl methyl sites for hydroxylation is 1. The molecule has 2 aliphatic heterocycles. The van der Waals surface area contributed by atoms with E-state index in [0.717, 1.165) is 23.2 Å². The number of nitrogens with zero attached hydrogens (tertiary/aromatic N) is 2. The van der Waals surface area contributed by atoms with E-state index >= 15 is 0 Å². The van der Waals surface area contributed by atoms with Crippen LogP contribution in [0.25, 0.3) is 0 Å². The van der Waals surface area contributed by atoms with Crippen LogP contribution in [0.5, 0.6) is 0 Å². The number of fused-ring (bicyclic) bond motifs is 1. The van der Waals surface area contributed by atoms with E-state index in [-0.39, 0.29) is 11.8 Å². The number of hydrogen-bond donors (Lipinski definition) is 1. The first kappa shape index (κ1) is 16.9. The van der Waals surface area contributed by atoms with E-state index in [1.54, 1.807) is 30.1 Å². The van der Waals surface area contributed by atoms with E-state index in [2.05, 4.69) is 22.4 Å². The van der Waals surface area contributed by atoms with Gasteiger partial charge in [-0.3, -0.25) is 14.6 Å². The molecule has 0 unspecified atom stereocenters. The highest BCUT2D eigenvalue weighted by molar-refractivity contribution is 6.44. The van der Waals surface area contributed by atoms with E-state index in [1.807, 2.05) is 24.3 Å². The normalized spacial score (nSPS) is 19.3.